The van der Waals surface area contributed by atoms with Crippen LogP contribution in [0.5, 0.6) is 0 Å². The number of carbonyl (C=O) groups excluding carboxylic acids is 4. The number of nitrogen functional groups attached to an aromatic ring is 1. The predicted octanol–water partition coefficient (Wildman–Crippen LogP) is 1.76. The number of fused-ring (bicyclic) bond motifs is 3. The van der Waals surface area contributed by atoms with Crippen molar-refractivity contribution in [3.05, 3.63) is 30.1 Å². The van der Waals surface area contributed by atoms with E-state index in [2.05, 4.69) is 4.98 Å². The van der Waals surface area contributed by atoms with Crippen LogP contribution in [-0.4, -0.2) is 132 Å². The zero-order chi connectivity index (χ0) is 37.5. The van der Waals surface area contributed by atoms with Crippen molar-refractivity contribution in [3.8, 4) is 0 Å². The van der Waals surface area contributed by atoms with Gasteiger partial charge in [0, 0.05) is 24.8 Å². The highest BCUT2D eigenvalue weighted by Crippen LogP contribution is 2.30. The Hall–Kier alpha value is -4.26. The molecule has 3 aromatic rings. The number of amides is 3. The molecule has 17 nitrogen and oxygen atoms in total. The minimum Gasteiger partial charge on any atom is -0.389 e. The maximum atomic E-state index is 13.1. The molecule has 1 aliphatic rings. The van der Waals surface area contributed by atoms with E-state index in [1.54, 1.807) is 18.7 Å². The van der Waals surface area contributed by atoms with Gasteiger partial charge in [0.15, 0.2) is 5.82 Å². The van der Waals surface area contributed by atoms with Crippen molar-refractivity contribution < 1.29 is 52.8 Å². The van der Waals surface area contributed by atoms with Crippen LogP contribution >= 0.6 is 0 Å². The summed E-state index contributed by atoms with van der Waals surface area (Å²) < 4.78 is 29.3. The smallest absolute Gasteiger partial charge is 0.335 e. The molecule has 17 heteroatoms. The molecule has 0 radical (unpaired) electrons. The minimum absolute atomic E-state index is 0.0472. The first-order valence-corrected chi connectivity index (χ1v) is 17.5. The van der Waals surface area contributed by atoms with Gasteiger partial charge in [-0.25, -0.2) is 14.8 Å². The van der Waals surface area contributed by atoms with Gasteiger partial charge in [-0.2, -0.15) is 0 Å². The lowest BCUT2D eigenvalue weighted by atomic mass is 10.1. The topological polar surface area (TPSA) is 207 Å². The molecule has 52 heavy (non-hydrogen) atoms. The SMILES string of the molecule is CCN(Cc1nc2c(N)nc3ccccc3c2n1CC(C)(C)O)C(=O)CCOCCOCCOCCOCCOCCC(=O)ON1C(=O)CCC1=O. The Bertz CT molecular complexity index is 1640. The van der Waals surface area contributed by atoms with Gasteiger partial charge < -0.3 is 48.8 Å². The maximum Gasteiger partial charge on any atom is 0.335 e. The van der Waals surface area contributed by atoms with Crippen molar-refractivity contribution in [3.63, 3.8) is 0 Å². The molecule has 1 aromatic carbocycles. The Morgan fingerprint density at radius 3 is 1.94 bits per heavy atom. The summed E-state index contributed by atoms with van der Waals surface area (Å²) in [5.74, 6) is -0.934. The van der Waals surface area contributed by atoms with E-state index in [0.29, 0.717) is 75.0 Å². The second-order valence-electron chi connectivity index (χ2n) is 12.7. The molecule has 1 fully saturated rings. The predicted molar refractivity (Wildman–Crippen MR) is 187 cm³/mol. The molecule has 2 aromatic heterocycles. The van der Waals surface area contributed by atoms with Crippen molar-refractivity contribution in [1.82, 2.24) is 24.5 Å². The zero-order valence-corrected chi connectivity index (χ0v) is 30.2. The van der Waals surface area contributed by atoms with Crippen LogP contribution in [0.2, 0.25) is 0 Å². The lowest BCUT2D eigenvalue weighted by Crippen LogP contribution is -2.34. The number of imide groups is 1. The highest BCUT2D eigenvalue weighted by Gasteiger charge is 2.32. The third-order valence-corrected chi connectivity index (χ3v) is 7.90. The zero-order valence-electron chi connectivity index (χ0n) is 30.2. The molecule has 1 aliphatic heterocycles. The van der Waals surface area contributed by atoms with Crippen LogP contribution in [0, 0.1) is 0 Å². The molecule has 0 bridgehead atoms. The van der Waals surface area contributed by atoms with Gasteiger partial charge in [0.1, 0.15) is 11.3 Å². The van der Waals surface area contributed by atoms with E-state index in [1.165, 1.54) is 0 Å². The van der Waals surface area contributed by atoms with E-state index in [4.69, 9.17) is 39.2 Å². The van der Waals surface area contributed by atoms with Gasteiger partial charge in [-0.05, 0) is 26.8 Å². The molecule has 3 N–H and O–H groups in total. The number of pyridine rings is 1. The molecule has 286 valence electrons. The summed E-state index contributed by atoms with van der Waals surface area (Å²) in [6, 6.07) is 7.64. The molecule has 0 atom stereocenters. The third-order valence-electron chi connectivity index (χ3n) is 7.90. The van der Waals surface area contributed by atoms with Crippen LogP contribution in [0.25, 0.3) is 21.9 Å². The van der Waals surface area contributed by atoms with Crippen molar-refractivity contribution in [2.75, 3.05) is 78.3 Å². The molecule has 0 saturated carbocycles. The number of aromatic nitrogens is 3. The van der Waals surface area contributed by atoms with Crippen LogP contribution < -0.4 is 5.73 Å². The highest BCUT2D eigenvalue weighted by molar-refractivity contribution is 6.06. The summed E-state index contributed by atoms with van der Waals surface area (Å²) in [4.78, 5) is 63.5. The number of nitrogens with two attached hydrogens (primary N) is 1. The molecule has 4 rings (SSSR count). The summed E-state index contributed by atoms with van der Waals surface area (Å²) in [6.07, 6.45) is 0.193. The molecule has 0 unspecified atom stereocenters. The lowest BCUT2D eigenvalue weighted by molar-refractivity contribution is -0.198. The fraction of sp³-hybridized carbons (Fsp3) is 0.600. The standard InChI is InChI=1S/C35H50N6O11/c1-4-39(23-27-38-32-33(40(27)24-35(2,3)46)25-7-5-6-8-26(25)37-34(32)36)28(42)11-13-47-15-17-49-19-21-51-22-20-50-18-16-48-14-12-31(45)52-41-29(43)9-10-30(41)44/h5-8,46H,4,9-24H2,1-3H3,(H2,36,37). The first-order valence-electron chi connectivity index (χ1n) is 17.5. The van der Waals surface area contributed by atoms with E-state index >= 15 is 0 Å². The lowest BCUT2D eigenvalue weighted by Gasteiger charge is -2.24. The van der Waals surface area contributed by atoms with Gasteiger partial charge in [-0.1, -0.05) is 18.2 Å². The fourth-order valence-corrected chi connectivity index (χ4v) is 5.39. The maximum absolute atomic E-state index is 13.1. The number of hydroxylamine groups is 2. The van der Waals surface area contributed by atoms with Crippen LogP contribution in [-0.2, 0) is 60.8 Å². The van der Waals surface area contributed by atoms with Crippen LogP contribution in [0.3, 0.4) is 0 Å². The third kappa shape index (κ3) is 12.2. The van der Waals surface area contributed by atoms with Gasteiger partial charge >= 0.3 is 5.97 Å². The Labute approximate surface area is 302 Å². The summed E-state index contributed by atoms with van der Waals surface area (Å²) in [5, 5.41) is 12.1. The first-order chi connectivity index (χ1) is 25.0. The van der Waals surface area contributed by atoms with Crippen molar-refractivity contribution in [2.45, 2.75) is 65.1 Å². The molecule has 0 spiro atoms. The van der Waals surface area contributed by atoms with E-state index in [0.717, 1.165) is 16.4 Å². The number of ether oxygens (including phenoxy) is 5. The Kier molecular flexibility index (Phi) is 15.7. The van der Waals surface area contributed by atoms with Crippen molar-refractivity contribution in [1.29, 1.82) is 0 Å². The average molecular weight is 731 g/mol. The molecular formula is C35H50N6O11. The van der Waals surface area contributed by atoms with E-state index < -0.39 is 23.4 Å². The van der Waals surface area contributed by atoms with Crippen molar-refractivity contribution >= 4 is 51.4 Å². The van der Waals surface area contributed by atoms with Gasteiger partial charge in [-0.15, -0.1) is 5.06 Å². The second kappa shape index (κ2) is 20.1. The molecule has 3 amide bonds. The Morgan fingerprint density at radius 2 is 1.38 bits per heavy atom. The van der Waals surface area contributed by atoms with Crippen molar-refractivity contribution in [2.24, 2.45) is 0 Å². The number of anilines is 1. The largest absolute Gasteiger partial charge is 0.389 e. The first kappa shape index (κ1) is 40.5. The number of carbonyl (C=O) groups is 4. The quantitative estimate of drug-likeness (QED) is 0.0995. The fourth-order valence-electron chi connectivity index (χ4n) is 5.39. The summed E-state index contributed by atoms with van der Waals surface area (Å²) in [6.45, 7) is 9.37. The number of benzene rings is 1. The van der Waals surface area contributed by atoms with Gasteiger partial charge in [-0.3, -0.25) is 14.4 Å². The number of hydrogen-bond donors (Lipinski definition) is 2. The van der Waals surface area contributed by atoms with Crippen LogP contribution in [0.4, 0.5) is 5.82 Å². The second-order valence-corrected chi connectivity index (χ2v) is 12.7. The van der Waals surface area contributed by atoms with Gasteiger partial charge in [0.05, 0.1) is 109 Å². The van der Waals surface area contributed by atoms with E-state index in [9.17, 15) is 24.3 Å². The molecule has 1 saturated heterocycles. The molecule has 0 aliphatic carbocycles. The Morgan fingerprint density at radius 1 is 0.846 bits per heavy atom. The molecule has 3 heterocycles. The summed E-state index contributed by atoms with van der Waals surface area (Å²) >= 11 is 0. The highest BCUT2D eigenvalue weighted by atomic mass is 16.7. The number of imidazole rings is 1. The minimum atomic E-state index is -1.04. The van der Waals surface area contributed by atoms with E-state index in [-0.39, 0.29) is 64.5 Å². The summed E-state index contributed by atoms with van der Waals surface area (Å²) in [7, 11) is 0. The summed E-state index contributed by atoms with van der Waals surface area (Å²) in [5.41, 5.74) is 7.31. The number of aliphatic hydroxyl groups is 1. The van der Waals surface area contributed by atoms with Crippen LogP contribution in [0.15, 0.2) is 24.3 Å². The number of hydrogen-bond acceptors (Lipinski definition) is 14. The number of para-hydroxylation sites is 1. The number of nitrogens with zero attached hydrogens (tertiary/aromatic N) is 5. The van der Waals surface area contributed by atoms with Gasteiger partial charge in [0.25, 0.3) is 11.8 Å². The average Bonchev–Trinajstić information content (AvgIpc) is 3.62. The normalized spacial score (nSPS) is 13.5. The number of rotatable bonds is 24. The monoisotopic (exact) mass is 730 g/mol. The molecular weight excluding hydrogens is 680 g/mol. The van der Waals surface area contributed by atoms with Crippen LogP contribution in [0.1, 0.15) is 52.3 Å². The van der Waals surface area contributed by atoms with E-state index in [1.807, 2.05) is 35.8 Å². The Balaban J connectivity index is 1.04. The van der Waals surface area contributed by atoms with Gasteiger partial charge in [0.2, 0.25) is 5.91 Å².